The Morgan fingerprint density at radius 3 is 2.36 bits per heavy atom. The summed E-state index contributed by atoms with van der Waals surface area (Å²) in [6.45, 7) is 1.41. The van der Waals surface area contributed by atoms with Gasteiger partial charge < -0.3 is 5.11 Å². The zero-order valence-corrected chi connectivity index (χ0v) is 7.22. The van der Waals surface area contributed by atoms with Crippen LogP contribution in [0.1, 0.15) is 11.1 Å². The standard InChI is InChI=1S/C9H7F3O2/c1-5-2-6(4-7(10)3-5)9(11,12)8(13)14/h2-4H,1H3,(H,13,14). The van der Waals surface area contributed by atoms with Crippen molar-refractivity contribution < 1.29 is 23.1 Å². The van der Waals surface area contributed by atoms with Crippen LogP contribution < -0.4 is 0 Å². The topological polar surface area (TPSA) is 37.3 Å². The highest BCUT2D eigenvalue weighted by molar-refractivity contribution is 5.77. The van der Waals surface area contributed by atoms with Crippen LogP contribution in [0.2, 0.25) is 0 Å². The van der Waals surface area contributed by atoms with Crippen LogP contribution >= 0.6 is 0 Å². The van der Waals surface area contributed by atoms with Crippen molar-refractivity contribution in [3.05, 3.63) is 35.1 Å². The van der Waals surface area contributed by atoms with E-state index in [9.17, 15) is 18.0 Å². The predicted molar refractivity (Wildman–Crippen MR) is 42.7 cm³/mol. The molecule has 5 heteroatoms. The molecule has 0 aliphatic carbocycles. The second kappa shape index (κ2) is 3.32. The van der Waals surface area contributed by atoms with E-state index in [1.807, 2.05) is 0 Å². The Kier molecular flexibility index (Phi) is 2.51. The number of carbonyl (C=O) groups is 1. The molecule has 1 aromatic carbocycles. The van der Waals surface area contributed by atoms with Crippen molar-refractivity contribution in [2.24, 2.45) is 0 Å². The molecule has 0 heterocycles. The lowest BCUT2D eigenvalue weighted by Gasteiger charge is -2.11. The zero-order valence-electron chi connectivity index (χ0n) is 7.22. The lowest BCUT2D eigenvalue weighted by Crippen LogP contribution is -2.25. The van der Waals surface area contributed by atoms with E-state index in [1.165, 1.54) is 6.92 Å². The van der Waals surface area contributed by atoms with E-state index >= 15 is 0 Å². The van der Waals surface area contributed by atoms with Gasteiger partial charge in [0.2, 0.25) is 0 Å². The first kappa shape index (κ1) is 10.6. The van der Waals surface area contributed by atoms with Gasteiger partial charge >= 0.3 is 11.9 Å². The molecule has 0 aliphatic heterocycles. The lowest BCUT2D eigenvalue weighted by molar-refractivity contribution is -0.166. The first-order chi connectivity index (χ1) is 6.34. The molecule has 0 aliphatic rings. The Morgan fingerprint density at radius 1 is 1.36 bits per heavy atom. The molecule has 0 spiro atoms. The number of rotatable bonds is 2. The molecule has 2 nitrogen and oxygen atoms in total. The summed E-state index contributed by atoms with van der Waals surface area (Å²) in [4.78, 5) is 10.2. The Morgan fingerprint density at radius 2 is 1.93 bits per heavy atom. The molecule has 76 valence electrons. The monoisotopic (exact) mass is 204 g/mol. The maximum atomic E-state index is 12.9. The molecule has 0 bridgehead atoms. The Labute approximate surface area is 78.0 Å². The van der Waals surface area contributed by atoms with Gasteiger partial charge in [-0.2, -0.15) is 8.78 Å². The number of halogens is 3. The minimum absolute atomic E-state index is 0.251. The Balaban J connectivity index is 3.25. The molecule has 1 aromatic rings. The number of hydrogen-bond acceptors (Lipinski definition) is 1. The summed E-state index contributed by atoms with van der Waals surface area (Å²) in [6.07, 6.45) is 0. The first-order valence-electron chi connectivity index (χ1n) is 3.73. The van der Waals surface area contributed by atoms with E-state index in [2.05, 4.69) is 0 Å². The summed E-state index contributed by atoms with van der Waals surface area (Å²) < 4.78 is 38.4. The number of benzene rings is 1. The Bertz CT molecular complexity index is 354. The summed E-state index contributed by atoms with van der Waals surface area (Å²) in [6, 6.07) is 2.50. The summed E-state index contributed by atoms with van der Waals surface area (Å²) >= 11 is 0. The number of aryl methyl sites for hydroxylation is 1. The van der Waals surface area contributed by atoms with Gasteiger partial charge in [-0.3, -0.25) is 0 Å². The van der Waals surface area contributed by atoms with Crippen molar-refractivity contribution in [2.45, 2.75) is 12.8 Å². The molecule has 0 atom stereocenters. The average Bonchev–Trinajstić information content (AvgIpc) is 2.01. The third-order valence-electron chi connectivity index (χ3n) is 1.67. The van der Waals surface area contributed by atoms with Crippen molar-refractivity contribution in [1.82, 2.24) is 0 Å². The van der Waals surface area contributed by atoms with Crippen LogP contribution in [0.5, 0.6) is 0 Å². The van der Waals surface area contributed by atoms with Crippen molar-refractivity contribution in [1.29, 1.82) is 0 Å². The fraction of sp³-hybridized carbons (Fsp3) is 0.222. The van der Waals surface area contributed by atoms with E-state index in [0.717, 1.165) is 12.1 Å². The normalized spacial score (nSPS) is 11.4. The highest BCUT2D eigenvalue weighted by Gasteiger charge is 2.41. The maximum Gasteiger partial charge on any atom is 0.379 e. The van der Waals surface area contributed by atoms with Crippen molar-refractivity contribution in [2.75, 3.05) is 0 Å². The SMILES string of the molecule is Cc1cc(F)cc(C(F)(F)C(=O)O)c1. The second-order valence-corrected chi connectivity index (χ2v) is 2.90. The lowest BCUT2D eigenvalue weighted by atomic mass is 10.1. The predicted octanol–water partition coefficient (Wildman–Crippen LogP) is 2.31. The quantitative estimate of drug-likeness (QED) is 0.802. The van der Waals surface area contributed by atoms with E-state index in [0.29, 0.717) is 6.07 Å². The van der Waals surface area contributed by atoms with Crippen molar-refractivity contribution in [3.63, 3.8) is 0 Å². The van der Waals surface area contributed by atoms with Crippen LogP contribution in [0.15, 0.2) is 18.2 Å². The number of carboxylic acids is 1. The molecule has 14 heavy (non-hydrogen) atoms. The fourth-order valence-corrected chi connectivity index (χ4v) is 1.04. The molecule has 0 unspecified atom stereocenters. The highest BCUT2D eigenvalue weighted by atomic mass is 19.3. The minimum Gasteiger partial charge on any atom is -0.477 e. The largest absolute Gasteiger partial charge is 0.477 e. The second-order valence-electron chi connectivity index (χ2n) is 2.90. The molecular formula is C9H7F3O2. The molecule has 1 rings (SSSR count). The number of aliphatic carboxylic acids is 1. The van der Waals surface area contributed by atoms with E-state index < -0.39 is 23.3 Å². The molecule has 0 amide bonds. The van der Waals surface area contributed by atoms with Crippen LogP contribution in [0.4, 0.5) is 13.2 Å². The smallest absolute Gasteiger partial charge is 0.379 e. The van der Waals surface area contributed by atoms with Gasteiger partial charge in [0.25, 0.3) is 0 Å². The van der Waals surface area contributed by atoms with Gasteiger partial charge in [0.1, 0.15) is 5.82 Å². The summed E-state index contributed by atoms with van der Waals surface area (Å²) in [5, 5.41) is 8.20. The van der Waals surface area contributed by atoms with Crippen molar-refractivity contribution in [3.8, 4) is 0 Å². The third kappa shape index (κ3) is 1.86. The molecule has 0 fully saturated rings. The van der Waals surface area contributed by atoms with Crippen LogP contribution in [0.25, 0.3) is 0 Å². The molecule has 1 N–H and O–H groups in total. The van der Waals surface area contributed by atoms with Gasteiger partial charge in [0.15, 0.2) is 0 Å². The molecule has 0 aromatic heterocycles. The number of carboxylic acid groups (broad SMARTS) is 1. The van der Waals surface area contributed by atoms with Crippen LogP contribution in [0, 0.1) is 12.7 Å². The number of alkyl halides is 2. The van der Waals surface area contributed by atoms with E-state index in [1.54, 1.807) is 0 Å². The number of hydrogen-bond donors (Lipinski definition) is 1. The molecule has 0 radical (unpaired) electrons. The van der Waals surface area contributed by atoms with Crippen LogP contribution in [0.3, 0.4) is 0 Å². The molecule has 0 saturated carbocycles. The van der Waals surface area contributed by atoms with Crippen LogP contribution in [-0.4, -0.2) is 11.1 Å². The van der Waals surface area contributed by atoms with Gasteiger partial charge in [-0.1, -0.05) is 0 Å². The summed E-state index contributed by atoms with van der Waals surface area (Å²) in [5.74, 6) is -7.21. The van der Waals surface area contributed by atoms with Crippen LogP contribution in [-0.2, 0) is 10.7 Å². The van der Waals surface area contributed by atoms with Gasteiger partial charge in [-0.05, 0) is 30.7 Å². The highest BCUT2D eigenvalue weighted by Crippen LogP contribution is 2.29. The summed E-state index contributed by atoms with van der Waals surface area (Å²) in [7, 11) is 0. The Hall–Kier alpha value is -1.52. The fourth-order valence-electron chi connectivity index (χ4n) is 1.04. The summed E-state index contributed by atoms with van der Waals surface area (Å²) in [5.41, 5.74) is -0.594. The van der Waals surface area contributed by atoms with E-state index in [4.69, 9.17) is 5.11 Å². The maximum absolute atomic E-state index is 12.9. The molecular weight excluding hydrogens is 197 g/mol. The first-order valence-corrected chi connectivity index (χ1v) is 3.73. The van der Waals surface area contributed by atoms with Gasteiger partial charge in [-0.25, -0.2) is 9.18 Å². The third-order valence-corrected chi connectivity index (χ3v) is 1.67. The van der Waals surface area contributed by atoms with Gasteiger partial charge in [0.05, 0.1) is 0 Å². The van der Waals surface area contributed by atoms with Gasteiger partial charge in [0, 0.05) is 5.56 Å². The van der Waals surface area contributed by atoms with E-state index in [-0.39, 0.29) is 5.56 Å². The zero-order chi connectivity index (χ0) is 10.9. The van der Waals surface area contributed by atoms with Crippen molar-refractivity contribution >= 4 is 5.97 Å². The minimum atomic E-state index is -4.05. The van der Waals surface area contributed by atoms with Gasteiger partial charge in [-0.15, -0.1) is 0 Å². The molecule has 0 saturated heterocycles. The average molecular weight is 204 g/mol.